The number of benzene rings is 1. The second kappa shape index (κ2) is 6.55. The van der Waals surface area contributed by atoms with E-state index >= 15 is 0 Å². The number of ketones is 1. The molecule has 0 aliphatic carbocycles. The summed E-state index contributed by atoms with van der Waals surface area (Å²) in [5, 5.41) is 3.16. The van der Waals surface area contributed by atoms with Crippen LogP contribution in [0.4, 0.5) is 0 Å². The number of aryl methyl sites for hydroxylation is 1. The van der Waals surface area contributed by atoms with Crippen LogP contribution in [0.1, 0.15) is 43.4 Å². The van der Waals surface area contributed by atoms with Gasteiger partial charge in [-0.3, -0.25) is 4.79 Å². The maximum atomic E-state index is 10.8. The predicted octanol–water partition coefficient (Wildman–Crippen LogP) is 2.84. The summed E-state index contributed by atoms with van der Waals surface area (Å²) in [5.74, 6) is 0.761. The molecule has 0 saturated carbocycles. The van der Waals surface area contributed by atoms with Crippen molar-refractivity contribution in [1.82, 2.24) is 5.32 Å². The van der Waals surface area contributed by atoms with Gasteiger partial charge >= 0.3 is 0 Å². The molecule has 17 heavy (non-hydrogen) atoms. The van der Waals surface area contributed by atoms with Crippen molar-refractivity contribution in [1.29, 1.82) is 0 Å². The summed E-state index contributed by atoms with van der Waals surface area (Å²) in [4.78, 5) is 10.8. The smallest absolute Gasteiger partial charge is 0.143 e. The highest BCUT2D eigenvalue weighted by molar-refractivity contribution is 5.77. The summed E-state index contributed by atoms with van der Waals surface area (Å²) in [5.41, 5.74) is 4.10. The van der Waals surface area contributed by atoms with E-state index in [1.807, 2.05) is 0 Å². The molecule has 0 heterocycles. The van der Waals surface area contributed by atoms with Crippen LogP contribution in [-0.2, 0) is 11.2 Å². The third-order valence-corrected chi connectivity index (χ3v) is 2.98. The summed E-state index contributed by atoms with van der Waals surface area (Å²) >= 11 is 0. The average Bonchev–Trinajstić information content (AvgIpc) is 2.25. The zero-order valence-electron chi connectivity index (χ0n) is 11.3. The highest BCUT2D eigenvalue weighted by Crippen LogP contribution is 2.18. The summed E-state index contributed by atoms with van der Waals surface area (Å²) in [7, 11) is 0. The molecule has 0 aliphatic rings. The standard InChI is InChI=1S/C15H23NO/c1-11(2)14-6-5-12(3)15(9-14)7-8-16-10-13(4)17/h5-6,9,11,16H,7-8,10H2,1-4H3. The Morgan fingerprint density at radius 3 is 2.65 bits per heavy atom. The van der Waals surface area contributed by atoms with E-state index in [9.17, 15) is 4.79 Å². The summed E-state index contributed by atoms with van der Waals surface area (Å²) in [6.45, 7) is 9.51. The second-order valence-electron chi connectivity index (χ2n) is 4.97. The number of hydrogen-bond donors (Lipinski definition) is 1. The van der Waals surface area contributed by atoms with E-state index in [-0.39, 0.29) is 5.78 Å². The fraction of sp³-hybridized carbons (Fsp3) is 0.533. The fourth-order valence-corrected chi connectivity index (χ4v) is 1.81. The molecule has 0 atom stereocenters. The van der Waals surface area contributed by atoms with Crippen LogP contribution in [0.25, 0.3) is 0 Å². The molecule has 94 valence electrons. The zero-order chi connectivity index (χ0) is 12.8. The third-order valence-electron chi connectivity index (χ3n) is 2.98. The Morgan fingerprint density at radius 2 is 2.06 bits per heavy atom. The lowest BCUT2D eigenvalue weighted by molar-refractivity contribution is -0.116. The minimum atomic E-state index is 0.192. The van der Waals surface area contributed by atoms with Crippen LogP contribution < -0.4 is 5.32 Å². The zero-order valence-corrected chi connectivity index (χ0v) is 11.3. The SMILES string of the molecule is CC(=O)CNCCc1cc(C(C)C)ccc1C. The van der Waals surface area contributed by atoms with E-state index in [4.69, 9.17) is 0 Å². The third kappa shape index (κ3) is 4.70. The van der Waals surface area contributed by atoms with Gasteiger partial charge in [0.2, 0.25) is 0 Å². The Labute approximate surface area is 104 Å². The Bertz CT molecular complexity index is 383. The van der Waals surface area contributed by atoms with E-state index in [1.54, 1.807) is 6.92 Å². The molecule has 2 nitrogen and oxygen atoms in total. The van der Waals surface area contributed by atoms with E-state index in [0.29, 0.717) is 12.5 Å². The van der Waals surface area contributed by atoms with Gasteiger partial charge in [-0.05, 0) is 49.4 Å². The Kier molecular flexibility index (Phi) is 5.36. The molecule has 1 aromatic rings. The second-order valence-corrected chi connectivity index (χ2v) is 4.97. The Morgan fingerprint density at radius 1 is 1.35 bits per heavy atom. The molecular formula is C15H23NO. The molecule has 0 radical (unpaired) electrons. The fourth-order valence-electron chi connectivity index (χ4n) is 1.81. The number of Topliss-reactive ketones (excluding diaryl/α,β-unsaturated/α-hetero) is 1. The van der Waals surface area contributed by atoms with E-state index in [1.165, 1.54) is 16.7 Å². The number of hydrogen-bond acceptors (Lipinski definition) is 2. The normalized spacial score (nSPS) is 10.9. The molecule has 0 spiro atoms. The highest BCUT2D eigenvalue weighted by atomic mass is 16.1. The lowest BCUT2D eigenvalue weighted by Crippen LogP contribution is -2.23. The van der Waals surface area contributed by atoms with Crippen molar-refractivity contribution in [2.24, 2.45) is 0 Å². The van der Waals surface area contributed by atoms with E-state index in [2.05, 4.69) is 44.3 Å². The predicted molar refractivity (Wildman–Crippen MR) is 72.5 cm³/mol. The van der Waals surface area contributed by atoms with Crippen molar-refractivity contribution in [3.8, 4) is 0 Å². The molecule has 0 unspecified atom stereocenters. The van der Waals surface area contributed by atoms with Gasteiger partial charge in [0.1, 0.15) is 5.78 Å². The quantitative estimate of drug-likeness (QED) is 0.765. The first kappa shape index (κ1) is 13.9. The van der Waals surface area contributed by atoms with E-state index < -0.39 is 0 Å². The van der Waals surface area contributed by atoms with Crippen molar-refractivity contribution in [3.05, 3.63) is 34.9 Å². The van der Waals surface area contributed by atoms with Crippen molar-refractivity contribution in [2.75, 3.05) is 13.1 Å². The molecule has 0 aliphatic heterocycles. The molecule has 1 rings (SSSR count). The first-order valence-electron chi connectivity index (χ1n) is 6.30. The van der Waals surface area contributed by atoms with Crippen molar-refractivity contribution < 1.29 is 4.79 Å². The molecular weight excluding hydrogens is 210 g/mol. The van der Waals surface area contributed by atoms with E-state index in [0.717, 1.165) is 13.0 Å². The van der Waals surface area contributed by atoms with Gasteiger partial charge in [0.25, 0.3) is 0 Å². The van der Waals surface area contributed by atoms with Crippen LogP contribution in [0.2, 0.25) is 0 Å². The van der Waals surface area contributed by atoms with Crippen LogP contribution in [0, 0.1) is 6.92 Å². The number of carbonyl (C=O) groups is 1. The molecule has 1 N–H and O–H groups in total. The van der Waals surface area contributed by atoms with Gasteiger partial charge in [-0.2, -0.15) is 0 Å². The minimum Gasteiger partial charge on any atom is -0.310 e. The molecule has 0 amide bonds. The Hall–Kier alpha value is -1.15. The van der Waals surface area contributed by atoms with Gasteiger partial charge < -0.3 is 5.32 Å². The van der Waals surface area contributed by atoms with Crippen LogP contribution in [-0.4, -0.2) is 18.9 Å². The monoisotopic (exact) mass is 233 g/mol. The maximum absolute atomic E-state index is 10.8. The number of rotatable bonds is 6. The minimum absolute atomic E-state index is 0.192. The molecule has 0 saturated heterocycles. The average molecular weight is 233 g/mol. The van der Waals surface area contributed by atoms with Crippen LogP contribution >= 0.6 is 0 Å². The number of nitrogens with one attached hydrogen (secondary N) is 1. The first-order chi connectivity index (χ1) is 8.00. The lowest BCUT2D eigenvalue weighted by atomic mass is 9.96. The topological polar surface area (TPSA) is 29.1 Å². The van der Waals surface area contributed by atoms with Crippen LogP contribution in [0.3, 0.4) is 0 Å². The lowest BCUT2D eigenvalue weighted by Gasteiger charge is -2.11. The molecule has 0 fully saturated rings. The summed E-state index contributed by atoms with van der Waals surface area (Å²) in [6.07, 6.45) is 0.986. The van der Waals surface area contributed by atoms with Crippen LogP contribution in [0.5, 0.6) is 0 Å². The molecule has 1 aromatic carbocycles. The van der Waals surface area contributed by atoms with Crippen molar-refractivity contribution >= 4 is 5.78 Å². The van der Waals surface area contributed by atoms with Gasteiger partial charge in [0.05, 0.1) is 6.54 Å². The van der Waals surface area contributed by atoms with Crippen molar-refractivity contribution in [2.45, 2.75) is 40.0 Å². The summed E-state index contributed by atoms with van der Waals surface area (Å²) in [6, 6.07) is 6.68. The van der Waals surface area contributed by atoms with Gasteiger partial charge in [0.15, 0.2) is 0 Å². The largest absolute Gasteiger partial charge is 0.310 e. The van der Waals surface area contributed by atoms with Gasteiger partial charge in [-0.15, -0.1) is 0 Å². The highest BCUT2D eigenvalue weighted by Gasteiger charge is 2.03. The first-order valence-corrected chi connectivity index (χ1v) is 6.30. The van der Waals surface area contributed by atoms with Gasteiger partial charge in [-0.25, -0.2) is 0 Å². The molecule has 0 aromatic heterocycles. The van der Waals surface area contributed by atoms with Gasteiger partial charge in [-0.1, -0.05) is 32.0 Å². The van der Waals surface area contributed by atoms with Crippen molar-refractivity contribution in [3.63, 3.8) is 0 Å². The summed E-state index contributed by atoms with van der Waals surface area (Å²) < 4.78 is 0. The van der Waals surface area contributed by atoms with Gasteiger partial charge in [0, 0.05) is 0 Å². The number of carbonyl (C=O) groups excluding carboxylic acids is 1. The molecule has 0 bridgehead atoms. The van der Waals surface area contributed by atoms with Crippen LogP contribution in [0.15, 0.2) is 18.2 Å². The molecule has 2 heteroatoms. The maximum Gasteiger partial charge on any atom is 0.143 e. The Balaban J connectivity index is 2.57.